The monoisotopic (exact) mass is 280 g/mol. The molecule has 0 saturated heterocycles. The second kappa shape index (κ2) is 5.44. The maximum absolute atomic E-state index is 12.0. The molecule has 2 aromatic carbocycles. The highest BCUT2D eigenvalue weighted by atomic mass is 16.5. The van der Waals surface area contributed by atoms with Crippen LogP contribution in [0.25, 0.3) is 11.0 Å². The number of benzene rings is 2. The Morgan fingerprint density at radius 2 is 1.76 bits per heavy atom. The number of fused-ring (bicyclic) bond motifs is 1. The number of furan rings is 1. The zero-order valence-electron chi connectivity index (χ0n) is 12.1. The summed E-state index contributed by atoms with van der Waals surface area (Å²) in [6.07, 6.45) is 1.82. The first kappa shape index (κ1) is 13.4. The van der Waals surface area contributed by atoms with Crippen molar-refractivity contribution < 1.29 is 13.9 Å². The number of carbonyl (C=O) groups is 1. The molecule has 0 saturated carbocycles. The minimum atomic E-state index is -0.290. The number of rotatable bonds is 3. The Balaban J connectivity index is 1.75. The molecule has 0 spiro atoms. The van der Waals surface area contributed by atoms with E-state index in [-0.39, 0.29) is 12.4 Å². The third kappa shape index (κ3) is 2.97. The highest BCUT2D eigenvalue weighted by molar-refractivity contribution is 5.86. The van der Waals surface area contributed by atoms with Gasteiger partial charge in [-0.2, -0.15) is 0 Å². The SMILES string of the molecule is Cc1ccc(OC(=O)Cc2coc3cc(C)ccc23)cc1. The number of carbonyl (C=O) groups excluding carboxylic acids is 1. The topological polar surface area (TPSA) is 39.4 Å². The van der Waals surface area contributed by atoms with Crippen LogP contribution in [0.4, 0.5) is 0 Å². The van der Waals surface area contributed by atoms with E-state index >= 15 is 0 Å². The molecule has 106 valence electrons. The van der Waals surface area contributed by atoms with Gasteiger partial charge in [-0.15, -0.1) is 0 Å². The highest BCUT2D eigenvalue weighted by Gasteiger charge is 2.12. The summed E-state index contributed by atoms with van der Waals surface area (Å²) in [6, 6.07) is 13.4. The molecule has 3 nitrogen and oxygen atoms in total. The van der Waals surface area contributed by atoms with Crippen molar-refractivity contribution in [2.75, 3.05) is 0 Å². The van der Waals surface area contributed by atoms with Gasteiger partial charge in [0.1, 0.15) is 11.3 Å². The van der Waals surface area contributed by atoms with Gasteiger partial charge >= 0.3 is 5.97 Å². The van der Waals surface area contributed by atoms with Gasteiger partial charge in [0.05, 0.1) is 12.7 Å². The molecule has 1 heterocycles. The lowest BCUT2D eigenvalue weighted by atomic mass is 10.1. The fourth-order valence-electron chi connectivity index (χ4n) is 2.26. The zero-order valence-corrected chi connectivity index (χ0v) is 12.1. The van der Waals surface area contributed by atoms with Crippen molar-refractivity contribution in [1.82, 2.24) is 0 Å². The van der Waals surface area contributed by atoms with Crippen molar-refractivity contribution in [3.05, 3.63) is 65.4 Å². The summed E-state index contributed by atoms with van der Waals surface area (Å²) in [5, 5.41) is 0.960. The van der Waals surface area contributed by atoms with Gasteiger partial charge in [-0.1, -0.05) is 29.8 Å². The number of ether oxygens (including phenoxy) is 1. The molecule has 0 aliphatic heterocycles. The largest absolute Gasteiger partial charge is 0.464 e. The van der Waals surface area contributed by atoms with Crippen LogP contribution in [0.15, 0.2) is 53.1 Å². The van der Waals surface area contributed by atoms with E-state index in [0.29, 0.717) is 5.75 Å². The first-order valence-corrected chi connectivity index (χ1v) is 6.86. The second-order valence-electron chi connectivity index (χ2n) is 5.22. The van der Waals surface area contributed by atoms with Gasteiger partial charge in [0.25, 0.3) is 0 Å². The number of hydrogen-bond acceptors (Lipinski definition) is 3. The van der Waals surface area contributed by atoms with E-state index < -0.39 is 0 Å². The molecule has 0 amide bonds. The Bertz CT molecular complexity index is 782. The lowest BCUT2D eigenvalue weighted by Crippen LogP contribution is -2.10. The molecule has 21 heavy (non-hydrogen) atoms. The van der Waals surface area contributed by atoms with Crippen LogP contribution in [-0.2, 0) is 11.2 Å². The molecule has 3 aromatic rings. The standard InChI is InChI=1S/C18H16O3/c1-12-3-6-15(7-4-12)21-18(19)10-14-11-20-17-9-13(2)5-8-16(14)17/h3-9,11H,10H2,1-2H3. The number of aryl methyl sites for hydroxylation is 2. The predicted octanol–water partition coefficient (Wildman–Crippen LogP) is 4.20. The molecule has 0 bridgehead atoms. The van der Waals surface area contributed by atoms with E-state index in [1.165, 1.54) is 0 Å². The maximum Gasteiger partial charge on any atom is 0.315 e. The van der Waals surface area contributed by atoms with Crippen molar-refractivity contribution >= 4 is 16.9 Å². The Morgan fingerprint density at radius 3 is 2.52 bits per heavy atom. The molecule has 0 radical (unpaired) electrons. The first-order valence-electron chi connectivity index (χ1n) is 6.86. The van der Waals surface area contributed by atoms with Crippen LogP contribution in [0.1, 0.15) is 16.7 Å². The zero-order chi connectivity index (χ0) is 14.8. The lowest BCUT2D eigenvalue weighted by molar-refractivity contribution is -0.133. The lowest BCUT2D eigenvalue weighted by Gasteiger charge is -2.04. The quantitative estimate of drug-likeness (QED) is 0.533. The fourth-order valence-corrected chi connectivity index (χ4v) is 2.26. The maximum atomic E-state index is 12.0. The second-order valence-corrected chi connectivity index (χ2v) is 5.22. The summed E-state index contributed by atoms with van der Waals surface area (Å²) < 4.78 is 10.8. The molecular formula is C18H16O3. The number of hydrogen-bond donors (Lipinski definition) is 0. The Kier molecular flexibility index (Phi) is 3.48. The van der Waals surface area contributed by atoms with Gasteiger partial charge in [-0.3, -0.25) is 4.79 Å². The molecule has 0 N–H and O–H groups in total. The summed E-state index contributed by atoms with van der Waals surface area (Å²) >= 11 is 0. The molecule has 0 aliphatic rings. The van der Waals surface area contributed by atoms with Crippen molar-refractivity contribution in [2.45, 2.75) is 20.3 Å². The normalized spacial score (nSPS) is 10.8. The Hall–Kier alpha value is -2.55. The first-order chi connectivity index (χ1) is 10.1. The molecule has 0 unspecified atom stereocenters. The van der Waals surface area contributed by atoms with Gasteiger partial charge in [0, 0.05) is 10.9 Å². The third-order valence-corrected chi connectivity index (χ3v) is 3.40. The summed E-state index contributed by atoms with van der Waals surface area (Å²) in [5.74, 6) is 0.274. The smallest absolute Gasteiger partial charge is 0.315 e. The number of esters is 1. The van der Waals surface area contributed by atoms with Crippen LogP contribution in [-0.4, -0.2) is 5.97 Å². The van der Waals surface area contributed by atoms with E-state index in [4.69, 9.17) is 9.15 Å². The molecule has 1 aromatic heterocycles. The fraction of sp³-hybridized carbons (Fsp3) is 0.167. The van der Waals surface area contributed by atoms with Gasteiger partial charge < -0.3 is 9.15 Å². The minimum Gasteiger partial charge on any atom is -0.464 e. The summed E-state index contributed by atoms with van der Waals surface area (Å²) in [5.41, 5.74) is 3.91. The Labute approximate surface area is 123 Å². The van der Waals surface area contributed by atoms with Gasteiger partial charge in [-0.05, 0) is 37.6 Å². The van der Waals surface area contributed by atoms with E-state index in [9.17, 15) is 4.79 Å². The van der Waals surface area contributed by atoms with E-state index in [0.717, 1.165) is 27.7 Å². The predicted molar refractivity (Wildman–Crippen MR) is 81.5 cm³/mol. The van der Waals surface area contributed by atoms with Gasteiger partial charge in [-0.25, -0.2) is 0 Å². The molecule has 0 atom stereocenters. The van der Waals surface area contributed by atoms with Crippen LogP contribution in [0.5, 0.6) is 5.75 Å². The van der Waals surface area contributed by atoms with Crippen molar-refractivity contribution in [1.29, 1.82) is 0 Å². The molecule has 3 heteroatoms. The highest BCUT2D eigenvalue weighted by Crippen LogP contribution is 2.23. The third-order valence-electron chi connectivity index (χ3n) is 3.40. The Morgan fingerprint density at radius 1 is 1.05 bits per heavy atom. The van der Waals surface area contributed by atoms with Gasteiger partial charge in [0.2, 0.25) is 0 Å². The minimum absolute atomic E-state index is 0.198. The van der Waals surface area contributed by atoms with Gasteiger partial charge in [0.15, 0.2) is 0 Å². The van der Waals surface area contributed by atoms with Crippen molar-refractivity contribution in [3.8, 4) is 5.75 Å². The van der Waals surface area contributed by atoms with Crippen LogP contribution in [0, 0.1) is 13.8 Å². The summed E-state index contributed by atoms with van der Waals surface area (Å²) in [4.78, 5) is 12.0. The molecule has 0 fully saturated rings. The van der Waals surface area contributed by atoms with Crippen LogP contribution in [0.3, 0.4) is 0 Å². The van der Waals surface area contributed by atoms with Crippen LogP contribution in [0.2, 0.25) is 0 Å². The average molecular weight is 280 g/mol. The summed E-state index contributed by atoms with van der Waals surface area (Å²) in [6.45, 7) is 4.00. The van der Waals surface area contributed by atoms with E-state index in [2.05, 4.69) is 0 Å². The van der Waals surface area contributed by atoms with Crippen LogP contribution < -0.4 is 4.74 Å². The summed E-state index contributed by atoms with van der Waals surface area (Å²) in [7, 11) is 0. The van der Waals surface area contributed by atoms with Crippen LogP contribution >= 0.6 is 0 Å². The van der Waals surface area contributed by atoms with E-state index in [1.807, 2.05) is 44.2 Å². The van der Waals surface area contributed by atoms with E-state index in [1.54, 1.807) is 18.4 Å². The van der Waals surface area contributed by atoms with Crippen molar-refractivity contribution in [2.24, 2.45) is 0 Å². The molecule has 0 aliphatic carbocycles. The van der Waals surface area contributed by atoms with Crippen molar-refractivity contribution in [3.63, 3.8) is 0 Å². The molecular weight excluding hydrogens is 264 g/mol. The molecule has 3 rings (SSSR count). The average Bonchev–Trinajstić information content (AvgIpc) is 2.83.